The van der Waals surface area contributed by atoms with Crippen LogP contribution >= 0.6 is 0 Å². The van der Waals surface area contributed by atoms with Crippen molar-refractivity contribution in [3.8, 4) is 23.3 Å². The quantitative estimate of drug-likeness (QED) is 0.150. The van der Waals surface area contributed by atoms with E-state index in [1.165, 1.54) is 5.39 Å². The van der Waals surface area contributed by atoms with Gasteiger partial charge < -0.3 is 8.83 Å². The predicted octanol–water partition coefficient (Wildman–Crippen LogP) is 9.18. The van der Waals surface area contributed by atoms with E-state index in [0.717, 1.165) is 81.3 Å². The number of benzene rings is 4. The molecule has 0 amide bonds. The minimum absolute atomic E-state index is 0.556. The van der Waals surface area contributed by atoms with Crippen LogP contribution in [0.4, 0.5) is 0 Å². The molecule has 2 aromatic heterocycles. The van der Waals surface area contributed by atoms with Crippen LogP contribution in [-0.4, -0.2) is 8.07 Å². The fourth-order valence-corrected chi connectivity index (χ4v) is 13.6. The molecule has 0 saturated carbocycles. The van der Waals surface area contributed by atoms with Crippen molar-refractivity contribution >= 4 is 51.9 Å². The number of furan rings is 2. The van der Waals surface area contributed by atoms with Crippen molar-refractivity contribution in [3.05, 3.63) is 116 Å². The summed E-state index contributed by atoms with van der Waals surface area (Å²) in [5.74, 6) is 10.4. The van der Waals surface area contributed by atoms with E-state index in [1.807, 2.05) is 25.1 Å². The molecule has 0 bridgehead atoms. The second-order valence-electron chi connectivity index (χ2n) is 13.5. The maximum atomic E-state index is 6.61. The van der Waals surface area contributed by atoms with Crippen LogP contribution < -0.4 is 10.4 Å². The first-order chi connectivity index (χ1) is 21.7. The maximum absolute atomic E-state index is 6.61. The van der Waals surface area contributed by atoms with Gasteiger partial charge in [0.15, 0.2) is 0 Å². The molecule has 6 aromatic rings. The molecule has 0 N–H and O–H groups in total. The van der Waals surface area contributed by atoms with Gasteiger partial charge in [-0.25, -0.2) is 0 Å². The Kier molecular flexibility index (Phi) is 6.12. The summed E-state index contributed by atoms with van der Waals surface area (Å²) in [6.45, 7) is 16.2. The Labute approximate surface area is 264 Å². The van der Waals surface area contributed by atoms with Crippen molar-refractivity contribution in [3.63, 3.8) is 0 Å². The van der Waals surface area contributed by atoms with Crippen molar-refractivity contribution in [2.75, 3.05) is 0 Å². The van der Waals surface area contributed by atoms with E-state index >= 15 is 0 Å². The minimum atomic E-state index is -1.96. The average Bonchev–Trinajstić information content (AvgIpc) is 3.73. The van der Waals surface area contributed by atoms with Gasteiger partial charge in [0.1, 0.15) is 30.1 Å². The Balaban J connectivity index is 1.47. The van der Waals surface area contributed by atoms with Crippen LogP contribution in [0.25, 0.3) is 43.9 Å². The number of para-hydroxylation sites is 2. The second-order valence-corrected chi connectivity index (χ2v) is 19.1. The normalized spacial score (nSPS) is 13.4. The highest BCUT2D eigenvalue weighted by atomic mass is 28.3. The molecule has 2 heterocycles. The van der Waals surface area contributed by atoms with Gasteiger partial charge >= 0.3 is 0 Å². The first-order valence-corrected chi connectivity index (χ1v) is 18.3. The SMILES string of the molecule is CC#CC1=c2c(oc3ccccc23)=c2cc3cc4c(cc3cc21)=c1oc2ccccc2c1=C4C#C[Si](C(C)C)(C(C)C)C(C)C. The van der Waals surface area contributed by atoms with Gasteiger partial charge in [-0.15, -0.1) is 11.5 Å². The number of hydrogen-bond acceptors (Lipinski definition) is 2. The number of hydrogen-bond donors (Lipinski definition) is 0. The lowest BCUT2D eigenvalue weighted by atomic mass is 9.97. The van der Waals surface area contributed by atoms with E-state index in [1.54, 1.807) is 0 Å². The van der Waals surface area contributed by atoms with Crippen molar-refractivity contribution in [2.45, 2.75) is 65.1 Å². The molecule has 0 aliphatic heterocycles. The van der Waals surface area contributed by atoms with E-state index < -0.39 is 8.07 Å². The van der Waals surface area contributed by atoms with Crippen molar-refractivity contribution < 1.29 is 8.83 Å². The summed E-state index contributed by atoms with van der Waals surface area (Å²) in [6, 6.07) is 25.8. The Hall–Kier alpha value is -4.70. The summed E-state index contributed by atoms with van der Waals surface area (Å²) in [5.41, 5.74) is 13.8. The summed E-state index contributed by atoms with van der Waals surface area (Å²) in [5, 5.41) is 9.03. The van der Waals surface area contributed by atoms with Gasteiger partial charge in [0.05, 0.1) is 0 Å². The van der Waals surface area contributed by atoms with Gasteiger partial charge in [0.2, 0.25) is 0 Å². The van der Waals surface area contributed by atoms with E-state index in [2.05, 4.69) is 119 Å². The first-order valence-electron chi connectivity index (χ1n) is 16.1. The smallest absolute Gasteiger partial charge is 0.146 e. The molecule has 0 saturated heterocycles. The van der Waals surface area contributed by atoms with Crippen LogP contribution in [0.5, 0.6) is 0 Å². The molecule has 0 spiro atoms. The predicted molar refractivity (Wildman–Crippen MR) is 188 cm³/mol. The van der Waals surface area contributed by atoms with Crippen molar-refractivity contribution in [1.29, 1.82) is 0 Å². The lowest BCUT2D eigenvalue weighted by molar-refractivity contribution is 0.579. The molecule has 220 valence electrons. The Bertz CT molecular complexity index is 2690. The number of rotatable bonds is 3. The summed E-state index contributed by atoms with van der Waals surface area (Å²) >= 11 is 0. The summed E-state index contributed by atoms with van der Waals surface area (Å²) in [7, 11) is -1.96. The van der Waals surface area contributed by atoms with E-state index in [4.69, 9.17) is 8.83 Å². The van der Waals surface area contributed by atoms with E-state index in [9.17, 15) is 0 Å². The Morgan fingerprint density at radius 1 is 0.578 bits per heavy atom. The molecular formula is C42H36O2Si. The van der Waals surface area contributed by atoms with Crippen LogP contribution in [0.1, 0.15) is 59.6 Å². The molecule has 3 heteroatoms. The Morgan fingerprint density at radius 3 is 1.47 bits per heavy atom. The second kappa shape index (κ2) is 9.90. The first kappa shape index (κ1) is 27.8. The van der Waals surface area contributed by atoms with E-state index in [0.29, 0.717) is 16.6 Å². The van der Waals surface area contributed by atoms with Gasteiger partial charge in [0, 0.05) is 53.9 Å². The molecule has 0 fully saturated rings. The molecule has 4 aromatic carbocycles. The van der Waals surface area contributed by atoms with Gasteiger partial charge in [-0.3, -0.25) is 0 Å². The lowest BCUT2D eigenvalue weighted by Gasteiger charge is -2.38. The molecule has 8 rings (SSSR count). The zero-order valence-corrected chi connectivity index (χ0v) is 28.0. The van der Waals surface area contributed by atoms with Crippen LogP contribution in [0.3, 0.4) is 0 Å². The summed E-state index contributed by atoms with van der Waals surface area (Å²) in [6.07, 6.45) is 0. The van der Waals surface area contributed by atoms with E-state index in [-0.39, 0.29) is 0 Å². The van der Waals surface area contributed by atoms with Crippen LogP contribution in [0, 0.1) is 44.6 Å². The van der Waals surface area contributed by atoms with Crippen molar-refractivity contribution in [1.82, 2.24) is 0 Å². The van der Waals surface area contributed by atoms with Crippen LogP contribution in [0.15, 0.2) is 81.6 Å². The molecule has 0 radical (unpaired) electrons. The zero-order valence-electron chi connectivity index (χ0n) is 27.0. The third-order valence-electron chi connectivity index (χ3n) is 10.4. The molecule has 2 nitrogen and oxygen atoms in total. The topological polar surface area (TPSA) is 26.3 Å². The van der Waals surface area contributed by atoms with Crippen LogP contribution in [0.2, 0.25) is 16.6 Å². The Morgan fingerprint density at radius 2 is 1.02 bits per heavy atom. The van der Waals surface area contributed by atoms with Gasteiger partial charge in [-0.2, -0.15) is 0 Å². The van der Waals surface area contributed by atoms with Crippen molar-refractivity contribution in [2.24, 2.45) is 0 Å². The third kappa shape index (κ3) is 3.78. The monoisotopic (exact) mass is 600 g/mol. The third-order valence-corrected chi connectivity index (χ3v) is 16.6. The molecule has 0 unspecified atom stereocenters. The molecule has 0 atom stereocenters. The number of fused-ring (bicyclic) bond motifs is 9. The van der Waals surface area contributed by atoms with Gasteiger partial charge in [0.25, 0.3) is 0 Å². The fourth-order valence-electron chi connectivity index (χ4n) is 8.36. The van der Waals surface area contributed by atoms with Crippen LogP contribution in [-0.2, 0) is 0 Å². The highest BCUT2D eigenvalue weighted by Crippen LogP contribution is 2.41. The highest BCUT2D eigenvalue weighted by molar-refractivity contribution is 6.90. The van der Waals surface area contributed by atoms with Gasteiger partial charge in [-0.1, -0.05) is 89.8 Å². The standard InChI is InChI=1S/C42H36O2Si/c1-8-13-29-33-20-27-23-36-34(21-28(27)22-35(33)41-39(29)31-14-9-11-16-37(31)43-41)30(18-19-45(24(2)3,25(4)5)26(6)7)40-32-15-10-12-17-38(32)44-42(36)40/h9-12,14-17,20-26H,1-7H3. The largest absolute Gasteiger partial charge is 0.455 e. The lowest BCUT2D eigenvalue weighted by Crippen LogP contribution is -2.43. The maximum Gasteiger partial charge on any atom is 0.146 e. The molecule has 45 heavy (non-hydrogen) atoms. The summed E-state index contributed by atoms with van der Waals surface area (Å²) < 4.78 is 13.1. The fraction of sp³-hybridized carbons (Fsp3) is 0.238. The minimum Gasteiger partial charge on any atom is -0.455 e. The zero-order chi connectivity index (χ0) is 31.2. The summed E-state index contributed by atoms with van der Waals surface area (Å²) in [4.78, 5) is 0. The highest BCUT2D eigenvalue weighted by Gasteiger charge is 2.42. The molecule has 2 aliphatic rings. The molecule has 2 aliphatic carbocycles. The average molecular weight is 601 g/mol. The van der Waals surface area contributed by atoms with Gasteiger partial charge in [-0.05, 0) is 70.7 Å². The molecular weight excluding hydrogens is 565 g/mol.